The first kappa shape index (κ1) is 45.7. The van der Waals surface area contributed by atoms with E-state index in [2.05, 4.69) is 159 Å². The lowest BCUT2D eigenvalue weighted by molar-refractivity contribution is 0.485. The summed E-state index contributed by atoms with van der Waals surface area (Å²) in [5.74, 6) is 0.0111. The molecule has 0 amide bonds. The van der Waals surface area contributed by atoms with Crippen LogP contribution in [0.5, 0.6) is 11.5 Å². The fraction of sp³-hybridized carbons (Fsp3) is 0.400. The van der Waals surface area contributed by atoms with Gasteiger partial charge in [-0.1, -0.05) is 125 Å². The predicted octanol–water partition coefficient (Wildman–Crippen LogP) is 16.4. The molecule has 0 saturated heterocycles. The minimum Gasteiger partial charge on any atom is -0.506 e. The summed E-state index contributed by atoms with van der Waals surface area (Å²) in [6, 6.07) is 17.0. The number of nitrogens with zero attached hydrogens (tertiary/aromatic N) is 4. The molecule has 10 heteroatoms. The maximum atomic E-state index is 12.8. The molecule has 0 aliphatic carbocycles. The van der Waals surface area contributed by atoms with Gasteiger partial charge in [0.2, 0.25) is 11.4 Å². The highest BCUT2D eigenvalue weighted by Gasteiger charge is 2.32. The van der Waals surface area contributed by atoms with Gasteiger partial charge < -0.3 is 29.0 Å². The van der Waals surface area contributed by atoms with Crippen LogP contribution < -0.4 is 0 Å². The fourth-order valence-corrected chi connectivity index (χ4v) is 10.5. The molecular weight excluding hydrogens is 869 g/mol. The van der Waals surface area contributed by atoms with Crippen molar-refractivity contribution < 1.29 is 19.0 Å². The van der Waals surface area contributed by atoms with Crippen LogP contribution in [0.4, 0.5) is 0 Å². The molecule has 6 aromatic carbocycles. The van der Waals surface area contributed by atoms with Gasteiger partial charge in [-0.05, 0) is 114 Å². The third-order valence-electron chi connectivity index (χ3n) is 14.6. The monoisotopic (exact) mass is 935 g/mol. The first-order valence-electron chi connectivity index (χ1n) is 24.7. The van der Waals surface area contributed by atoms with Crippen molar-refractivity contribution in [3.8, 4) is 11.5 Å². The van der Waals surface area contributed by atoms with E-state index in [-0.39, 0.29) is 44.0 Å². The molecule has 5 aromatic heterocycles. The minimum absolute atomic E-state index is 0.00553. The van der Waals surface area contributed by atoms with Gasteiger partial charge in [0.1, 0.15) is 33.8 Å². The van der Waals surface area contributed by atoms with Gasteiger partial charge in [0.25, 0.3) is 0 Å². The van der Waals surface area contributed by atoms with Crippen molar-refractivity contribution >= 4 is 110 Å². The molecule has 0 unspecified atom stereocenters. The molecule has 4 N–H and O–H groups in total. The van der Waals surface area contributed by atoms with E-state index in [1.54, 1.807) is 0 Å². The highest BCUT2D eigenvalue weighted by molar-refractivity contribution is 6.22. The summed E-state index contributed by atoms with van der Waals surface area (Å²) in [5, 5.41) is 31.2. The summed E-state index contributed by atoms with van der Waals surface area (Å²) < 4.78 is 14.1. The van der Waals surface area contributed by atoms with E-state index in [4.69, 9.17) is 28.8 Å². The summed E-state index contributed by atoms with van der Waals surface area (Å²) in [5.41, 5.74) is 11.3. The van der Waals surface area contributed by atoms with Crippen molar-refractivity contribution in [2.24, 2.45) is 0 Å². The number of hydrogen-bond donors (Lipinski definition) is 4. The second-order valence-corrected chi connectivity index (χ2v) is 26.2. The highest BCUT2D eigenvalue weighted by atomic mass is 16.3. The van der Waals surface area contributed by atoms with Crippen molar-refractivity contribution in [1.82, 2.24) is 29.9 Å². The Balaban J connectivity index is 1.49. The van der Waals surface area contributed by atoms with Crippen LogP contribution >= 0.6 is 0 Å². The Morgan fingerprint density at radius 3 is 1.00 bits per heavy atom. The van der Waals surface area contributed by atoms with Crippen LogP contribution in [-0.2, 0) is 32.5 Å². The van der Waals surface area contributed by atoms with Crippen molar-refractivity contribution in [1.29, 1.82) is 0 Å². The molecule has 12 bridgehead atoms. The highest BCUT2D eigenvalue weighted by Crippen LogP contribution is 2.47. The summed E-state index contributed by atoms with van der Waals surface area (Å²) >= 11 is 0. The van der Waals surface area contributed by atoms with Gasteiger partial charge in [-0.3, -0.25) is 0 Å². The molecule has 0 radical (unpaired) electrons. The topological polar surface area (TPSA) is 150 Å². The SMILES string of the molecule is CC(C)(C)c1cc2c(O)c(c1)c1nc3c(o1)c(C(C)(C)C)cc1cc(C(C)(C)C)c4[nH]c(nc4c13)c1cc(C(C)(C)C)cc(c1O)c1nc3c(o1)c(C(C)(C)C)cc1cc(C(C)(C)C)c4[nH]c2nc4c13. The summed E-state index contributed by atoms with van der Waals surface area (Å²) in [6.07, 6.45) is 0. The van der Waals surface area contributed by atoms with Gasteiger partial charge in [-0.15, -0.1) is 0 Å². The van der Waals surface area contributed by atoms with E-state index in [0.29, 0.717) is 77.5 Å². The molecule has 0 atom stereocenters. The van der Waals surface area contributed by atoms with Crippen LogP contribution in [0, 0.1) is 0 Å². The summed E-state index contributed by atoms with van der Waals surface area (Å²) in [7, 11) is 0. The maximum Gasteiger partial charge on any atom is 0.231 e. The summed E-state index contributed by atoms with van der Waals surface area (Å²) in [6.45, 7) is 39.3. The van der Waals surface area contributed by atoms with Gasteiger partial charge >= 0.3 is 0 Å². The van der Waals surface area contributed by atoms with Gasteiger partial charge in [-0.25, -0.2) is 19.9 Å². The number of nitrogens with one attached hydrogen (secondary N) is 2. The van der Waals surface area contributed by atoms with Crippen LogP contribution in [-0.4, -0.2) is 40.1 Å². The molecule has 360 valence electrons. The Labute approximate surface area is 408 Å². The number of hydrogen-bond acceptors (Lipinski definition) is 8. The zero-order valence-electron chi connectivity index (χ0n) is 44.1. The van der Waals surface area contributed by atoms with E-state index in [0.717, 1.165) is 66.0 Å². The lowest BCUT2D eigenvalue weighted by Crippen LogP contribution is -2.13. The van der Waals surface area contributed by atoms with Gasteiger partial charge in [0.15, 0.2) is 11.2 Å². The Kier molecular flexibility index (Phi) is 9.16. The van der Waals surface area contributed by atoms with Crippen LogP contribution in [0.15, 0.2) is 57.4 Å². The molecule has 10 nitrogen and oxygen atoms in total. The van der Waals surface area contributed by atoms with Crippen LogP contribution in [0.1, 0.15) is 158 Å². The zero-order valence-corrected chi connectivity index (χ0v) is 44.1. The van der Waals surface area contributed by atoms with E-state index >= 15 is 0 Å². The van der Waals surface area contributed by atoms with Crippen LogP contribution in [0.2, 0.25) is 0 Å². The molecule has 0 saturated carbocycles. The lowest BCUT2D eigenvalue weighted by atomic mass is 9.82. The van der Waals surface area contributed by atoms with Gasteiger partial charge in [0.05, 0.1) is 43.6 Å². The number of benzene rings is 6. The van der Waals surface area contributed by atoms with Crippen molar-refractivity contribution in [3.05, 3.63) is 81.9 Å². The Bertz CT molecular complexity index is 3630. The van der Waals surface area contributed by atoms with Crippen LogP contribution in [0.3, 0.4) is 0 Å². The number of imidazole rings is 2. The quantitative estimate of drug-likeness (QED) is 0.117. The molecule has 11 aromatic rings. The number of rotatable bonds is 0. The first-order valence-corrected chi connectivity index (χ1v) is 24.7. The third-order valence-corrected chi connectivity index (χ3v) is 14.6. The second kappa shape index (κ2) is 14.0. The van der Waals surface area contributed by atoms with E-state index < -0.39 is 0 Å². The maximum absolute atomic E-state index is 12.8. The van der Waals surface area contributed by atoms with Crippen molar-refractivity contribution in [2.45, 2.75) is 157 Å². The first-order chi connectivity index (χ1) is 32.3. The number of phenols is 2. The average Bonchev–Trinajstić information content (AvgIpc) is 4.04. The van der Waals surface area contributed by atoms with Crippen molar-refractivity contribution in [3.63, 3.8) is 0 Å². The number of aromatic hydroxyl groups is 2. The number of aromatic nitrogens is 6. The normalized spacial score (nSPS) is 14.0. The Morgan fingerprint density at radius 1 is 0.371 bits per heavy atom. The van der Waals surface area contributed by atoms with E-state index in [1.165, 1.54) is 0 Å². The largest absolute Gasteiger partial charge is 0.506 e. The van der Waals surface area contributed by atoms with Crippen LogP contribution in [0.25, 0.3) is 110 Å². The van der Waals surface area contributed by atoms with Gasteiger partial charge in [-0.2, -0.15) is 0 Å². The average molecular weight is 935 g/mol. The smallest absolute Gasteiger partial charge is 0.231 e. The molecule has 70 heavy (non-hydrogen) atoms. The van der Waals surface area contributed by atoms with Crippen molar-refractivity contribution in [2.75, 3.05) is 0 Å². The Morgan fingerprint density at radius 2 is 0.686 bits per heavy atom. The number of H-pyrrole nitrogens is 2. The molecule has 0 aliphatic heterocycles. The minimum atomic E-state index is -0.348. The Hall–Kier alpha value is -6.68. The molecule has 5 heterocycles. The number of oxazole rings is 2. The van der Waals surface area contributed by atoms with Gasteiger partial charge in [0, 0.05) is 21.9 Å². The molecule has 0 spiro atoms. The molecule has 0 fully saturated rings. The standard InChI is InChI=1S/C60H66N6O4/c1-55(2,3)29-23-31-47(67)33(25-29)53-65-45-40-28(21-37(49(45)69-53)59(13,14)15)20-36(58(10,11)12)42-44(40)64-52(62-42)32-24-30(56(4,5)6)26-34(48(32)68)54-66-46-39-27(22-38(50(46)70-54)60(16,17)18)19-35(57(7,8)9)41-43(39)63-51(31)61-41/h19-26,67-68H,1-18H3,(H,61,63)(H,62,64). The number of fused-ring (bicyclic) bond motifs is 12. The molecular formula is C60H66N6O4. The molecule has 11 rings (SSSR count). The zero-order chi connectivity index (χ0) is 50.5. The number of aromatic amines is 2. The lowest BCUT2D eigenvalue weighted by Gasteiger charge is -2.23. The second-order valence-electron chi connectivity index (χ2n) is 26.2. The number of phenolic OH excluding ortho intramolecular Hbond substituents is 2. The third kappa shape index (κ3) is 6.79. The van der Waals surface area contributed by atoms with E-state index in [9.17, 15) is 10.2 Å². The molecule has 0 aliphatic rings. The fourth-order valence-electron chi connectivity index (χ4n) is 10.5. The predicted molar refractivity (Wildman–Crippen MR) is 290 cm³/mol. The van der Waals surface area contributed by atoms with E-state index in [1.807, 2.05) is 24.3 Å². The summed E-state index contributed by atoms with van der Waals surface area (Å²) in [4.78, 5) is 29.3.